The first kappa shape index (κ1) is 23.0. The van der Waals surface area contributed by atoms with E-state index in [4.69, 9.17) is 18.9 Å². The molecule has 2 aromatic carbocycles. The van der Waals surface area contributed by atoms with Crippen molar-refractivity contribution in [2.24, 2.45) is 0 Å². The average molecular weight is 432 g/mol. The van der Waals surface area contributed by atoms with Crippen molar-refractivity contribution < 1.29 is 39.1 Å². The maximum absolute atomic E-state index is 12.4. The van der Waals surface area contributed by atoms with Gasteiger partial charge in [0, 0.05) is 6.42 Å². The summed E-state index contributed by atoms with van der Waals surface area (Å²) in [7, 11) is 1.48. The van der Waals surface area contributed by atoms with Crippen LogP contribution in [0.3, 0.4) is 0 Å². The van der Waals surface area contributed by atoms with E-state index in [-0.39, 0.29) is 12.2 Å². The standard InChI is InChI=1S/C23H28O8/c1-14-20(24)22(26)21(25)19(31-14)13-30-23(27)16-8-9-17(18(12-16)28-2)29-11-10-15-6-4-3-5-7-15/h3-9,12,14,19-22,24-26H,10-11,13H2,1-2H3/t14?,19-,20+,21-,22-/m1/s1. The monoisotopic (exact) mass is 432 g/mol. The lowest BCUT2D eigenvalue weighted by atomic mass is 9.96. The molecule has 1 heterocycles. The van der Waals surface area contributed by atoms with Gasteiger partial charge in [-0.25, -0.2) is 4.79 Å². The van der Waals surface area contributed by atoms with Crippen molar-refractivity contribution in [1.82, 2.24) is 0 Å². The summed E-state index contributed by atoms with van der Waals surface area (Å²) in [4.78, 5) is 12.4. The van der Waals surface area contributed by atoms with Crippen molar-refractivity contribution in [2.45, 2.75) is 43.9 Å². The van der Waals surface area contributed by atoms with Gasteiger partial charge in [-0.15, -0.1) is 0 Å². The smallest absolute Gasteiger partial charge is 0.338 e. The lowest BCUT2D eigenvalue weighted by molar-refractivity contribution is -0.224. The quantitative estimate of drug-likeness (QED) is 0.536. The lowest BCUT2D eigenvalue weighted by Gasteiger charge is -2.38. The van der Waals surface area contributed by atoms with Gasteiger partial charge in [-0.3, -0.25) is 0 Å². The summed E-state index contributed by atoms with van der Waals surface area (Å²) in [6, 6.07) is 14.6. The van der Waals surface area contributed by atoms with Gasteiger partial charge in [0.2, 0.25) is 0 Å². The highest BCUT2D eigenvalue weighted by Gasteiger charge is 2.42. The minimum absolute atomic E-state index is 0.242. The molecule has 1 saturated heterocycles. The largest absolute Gasteiger partial charge is 0.493 e. The van der Waals surface area contributed by atoms with Gasteiger partial charge in [0.25, 0.3) is 0 Å². The summed E-state index contributed by atoms with van der Waals surface area (Å²) in [5.41, 5.74) is 1.40. The van der Waals surface area contributed by atoms with Crippen molar-refractivity contribution in [2.75, 3.05) is 20.3 Å². The van der Waals surface area contributed by atoms with Crippen LogP contribution >= 0.6 is 0 Å². The zero-order valence-electron chi connectivity index (χ0n) is 17.5. The second-order valence-corrected chi connectivity index (χ2v) is 7.40. The summed E-state index contributed by atoms with van der Waals surface area (Å²) >= 11 is 0. The number of carbonyl (C=O) groups excluding carboxylic acids is 1. The summed E-state index contributed by atoms with van der Waals surface area (Å²) in [6.45, 7) is 1.75. The molecule has 0 aliphatic carbocycles. The summed E-state index contributed by atoms with van der Waals surface area (Å²) < 4.78 is 21.8. The third kappa shape index (κ3) is 5.74. The van der Waals surface area contributed by atoms with Crippen LogP contribution in [0.15, 0.2) is 48.5 Å². The van der Waals surface area contributed by atoms with E-state index in [2.05, 4.69) is 0 Å². The minimum atomic E-state index is -1.38. The van der Waals surface area contributed by atoms with Gasteiger partial charge in [0.15, 0.2) is 11.5 Å². The molecule has 0 amide bonds. The molecule has 0 spiro atoms. The van der Waals surface area contributed by atoms with E-state index < -0.39 is 36.5 Å². The van der Waals surface area contributed by atoms with Crippen molar-refractivity contribution in [3.05, 3.63) is 59.7 Å². The Morgan fingerprint density at radius 2 is 1.74 bits per heavy atom. The van der Waals surface area contributed by atoms with E-state index in [0.717, 1.165) is 12.0 Å². The minimum Gasteiger partial charge on any atom is -0.493 e. The molecule has 5 atom stereocenters. The number of rotatable bonds is 8. The highest BCUT2D eigenvalue weighted by Crippen LogP contribution is 2.29. The van der Waals surface area contributed by atoms with Crippen LogP contribution in [0.4, 0.5) is 0 Å². The number of hydrogen-bond donors (Lipinski definition) is 3. The number of aliphatic hydroxyl groups excluding tert-OH is 3. The van der Waals surface area contributed by atoms with E-state index in [9.17, 15) is 20.1 Å². The van der Waals surface area contributed by atoms with Gasteiger partial charge >= 0.3 is 5.97 Å². The third-order valence-electron chi connectivity index (χ3n) is 5.22. The van der Waals surface area contributed by atoms with Gasteiger partial charge in [0.05, 0.1) is 25.4 Å². The fourth-order valence-corrected chi connectivity index (χ4v) is 3.35. The molecule has 8 heteroatoms. The van der Waals surface area contributed by atoms with Crippen molar-refractivity contribution in [3.63, 3.8) is 0 Å². The van der Waals surface area contributed by atoms with Crippen molar-refractivity contribution >= 4 is 5.97 Å². The second-order valence-electron chi connectivity index (χ2n) is 7.40. The maximum atomic E-state index is 12.4. The van der Waals surface area contributed by atoms with Crippen molar-refractivity contribution in [1.29, 1.82) is 0 Å². The Labute approximate surface area is 180 Å². The Bertz CT molecular complexity index is 856. The molecular formula is C23H28O8. The highest BCUT2D eigenvalue weighted by molar-refractivity contribution is 5.90. The average Bonchev–Trinajstić information content (AvgIpc) is 2.79. The van der Waals surface area contributed by atoms with Gasteiger partial charge in [-0.1, -0.05) is 30.3 Å². The van der Waals surface area contributed by atoms with Crippen molar-refractivity contribution in [3.8, 4) is 11.5 Å². The van der Waals surface area contributed by atoms with Crippen LogP contribution in [0.1, 0.15) is 22.8 Å². The zero-order chi connectivity index (χ0) is 22.4. The number of methoxy groups -OCH3 is 1. The Kier molecular flexibility index (Phi) is 7.86. The lowest BCUT2D eigenvalue weighted by Crippen LogP contribution is -2.57. The fourth-order valence-electron chi connectivity index (χ4n) is 3.35. The molecular weight excluding hydrogens is 404 g/mol. The molecule has 3 rings (SSSR count). The van der Waals surface area contributed by atoms with Gasteiger partial charge in [-0.05, 0) is 30.7 Å². The molecule has 1 aliphatic heterocycles. The van der Waals surface area contributed by atoms with Crippen LogP contribution in [0.25, 0.3) is 0 Å². The summed E-state index contributed by atoms with van der Waals surface area (Å²) in [6.07, 6.45) is -4.86. The molecule has 3 N–H and O–H groups in total. The van der Waals surface area contributed by atoms with Crippen LogP contribution in [-0.2, 0) is 15.9 Å². The first-order chi connectivity index (χ1) is 14.9. The molecule has 0 saturated carbocycles. The van der Waals surface area contributed by atoms with Crippen LogP contribution in [0, 0.1) is 0 Å². The van der Waals surface area contributed by atoms with Crippen LogP contribution in [0.2, 0.25) is 0 Å². The van der Waals surface area contributed by atoms with Gasteiger partial charge in [0.1, 0.15) is 31.0 Å². The van der Waals surface area contributed by atoms with Crippen LogP contribution in [-0.4, -0.2) is 72.1 Å². The normalized spacial score (nSPS) is 25.6. The predicted octanol–water partition coefficient (Wildman–Crippen LogP) is 1.34. The van der Waals surface area contributed by atoms with E-state index in [0.29, 0.717) is 18.1 Å². The van der Waals surface area contributed by atoms with Crippen LogP contribution < -0.4 is 9.47 Å². The molecule has 1 unspecified atom stereocenters. The van der Waals surface area contributed by atoms with E-state index in [1.165, 1.54) is 13.2 Å². The van der Waals surface area contributed by atoms with E-state index >= 15 is 0 Å². The number of benzene rings is 2. The summed E-state index contributed by atoms with van der Waals surface area (Å²) in [5, 5.41) is 29.6. The SMILES string of the molecule is COc1cc(C(=O)OC[C@H]2OC(C)[C@H](O)[C@@H](O)[C@@H]2O)ccc1OCCc1ccccc1. The Morgan fingerprint density at radius 1 is 1.00 bits per heavy atom. The third-order valence-corrected chi connectivity index (χ3v) is 5.22. The molecule has 0 aromatic heterocycles. The van der Waals surface area contributed by atoms with E-state index in [1.54, 1.807) is 19.1 Å². The van der Waals surface area contributed by atoms with Gasteiger partial charge in [-0.2, -0.15) is 0 Å². The topological polar surface area (TPSA) is 115 Å². The maximum Gasteiger partial charge on any atom is 0.338 e. The predicted molar refractivity (Wildman–Crippen MR) is 111 cm³/mol. The number of aliphatic hydroxyl groups is 3. The second kappa shape index (κ2) is 10.6. The van der Waals surface area contributed by atoms with Crippen LogP contribution in [0.5, 0.6) is 11.5 Å². The molecule has 8 nitrogen and oxygen atoms in total. The number of ether oxygens (including phenoxy) is 4. The fraction of sp³-hybridized carbons (Fsp3) is 0.435. The Morgan fingerprint density at radius 3 is 2.45 bits per heavy atom. The highest BCUT2D eigenvalue weighted by atomic mass is 16.6. The van der Waals surface area contributed by atoms with Gasteiger partial charge < -0.3 is 34.3 Å². The molecule has 1 fully saturated rings. The zero-order valence-corrected chi connectivity index (χ0v) is 17.5. The Balaban J connectivity index is 1.56. The molecule has 0 radical (unpaired) electrons. The Hall–Kier alpha value is -2.65. The molecule has 0 bridgehead atoms. The first-order valence-corrected chi connectivity index (χ1v) is 10.1. The first-order valence-electron chi connectivity index (χ1n) is 10.1. The number of hydrogen-bond acceptors (Lipinski definition) is 8. The summed E-state index contributed by atoms with van der Waals surface area (Å²) in [5.74, 6) is 0.258. The number of carbonyl (C=O) groups is 1. The van der Waals surface area contributed by atoms with E-state index in [1.807, 2.05) is 30.3 Å². The molecule has 2 aromatic rings. The molecule has 31 heavy (non-hydrogen) atoms. The molecule has 1 aliphatic rings. The number of esters is 1. The molecule has 168 valence electrons.